The number of aromatic nitrogens is 1. The molecule has 4 aromatic rings. The molecule has 0 bridgehead atoms. The fourth-order valence-electron chi connectivity index (χ4n) is 3.82. The second-order valence-electron chi connectivity index (χ2n) is 7.17. The van der Waals surface area contributed by atoms with Crippen LogP contribution in [0.4, 0.5) is 5.13 Å². The number of hydrogen-bond acceptors (Lipinski definition) is 6. The van der Waals surface area contributed by atoms with Gasteiger partial charge in [0.15, 0.2) is 10.6 Å². The van der Waals surface area contributed by atoms with Gasteiger partial charge in [0.05, 0.1) is 29.3 Å². The van der Waals surface area contributed by atoms with E-state index >= 15 is 0 Å². The van der Waals surface area contributed by atoms with Crippen molar-refractivity contribution in [3.8, 4) is 5.75 Å². The first kappa shape index (κ1) is 20.0. The Kier molecular flexibility index (Phi) is 4.91. The minimum atomic E-state index is -0.636. The van der Waals surface area contributed by atoms with Crippen molar-refractivity contribution < 1.29 is 13.9 Å². The molecule has 1 atom stereocenters. The van der Waals surface area contributed by atoms with E-state index in [9.17, 15) is 9.59 Å². The number of fused-ring (bicyclic) bond motifs is 2. The zero-order valence-electron chi connectivity index (χ0n) is 16.7. The average molecular weight is 497 g/mol. The number of halogens is 1. The van der Waals surface area contributed by atoms with Gasteiger partial charge in [-0.15, -0.1) is 11.3 Å². The van der Waals surface area contributed by atoms with Crippen molar-refractivity contribution in [1.82, 2.24) is 4.98 Å². The summed E-state index contributed by atoms with van der Waals surface area (Å²) in [5.41, 5.74) is 2.07. The summed E-state index contributed by atoms with van der Waals surface area (Å²) < 4.78 is 12.3. The monoisotopic (exact) mass is 496 g/mol. The van der Waals surface area contributed by atoms with Crippen molar-refractivity contribution in [3.05, 3.63) is 85.1 Å². The predicted molar refractivity (Wildman–Crippen MR) is 123 cm³/mol. The van der Waals surface area contributed by atoms with E-state index in [0.29, 0.717) is 28.3 Å². The number of nitrogens with zero attached hydrogens (tertiary/aromatic N) is 2. The summed E-state index contributed by atoms with van der Waals surface area (Å²) in [5, 5.41) is 2.83. The molecule has 156 valence electrons. The van der Waals surface area contributed by atoms with E-state index in [4.69, 9.17) is 9.15 Å². The predicted octanol–water partition coefficient (Wildman–Crippen LogP) is 5.47. The maximum Gasteiger partial charge on any atom is 0.297 e. The Labute approximate surface area is 190 Å². The molecule has 2 aromatic heterocycles. The van der Waals surface area contributed by atoms with Gasteiger partial charge in [0, 0.05) is 9.85 Å². The summed E-state index contributed by atoms with van der Waals surface area (Å²) in [5.74, 6) is 0.415. The molecule has 0 aliphatic carbocycles. The van der Waals surface area contributed by atoms with Crippen LogP contribution in [0.2, 0.25) is 0 Å². The quantitative estimate of drug-likeness (QED) is 0.374. The number of aryl methyl sites for hydroxylation is 1. The van der Waals surface area contributed by atoms with E-state index in [-0.39, 0.29) is 17.1 Å². The van der Waals surface area contributed by atoms with Crippen LogP contribution in [-0.4, -0.2) is 17.5 Å². The third kappa shape index (κ3) is 3.26. The molecule has 6 nitrogen and oxygen atoms in total. The molecule has 0 radical (unpaired) electrons. The second kappa shape index (κ2) is 7.62. The number of hydrogen-bond donors (Lipinski definition) is 0. The van der Waals surface area contributed by atoms with Crippen molar-refractivity contribution in [2.45, 2.75) is 19.9 Å². The summed E-state index contributed by atoms with van der Waals surface area (Å²) in [6, 6.07) is 12.0. The molecule has 0 unspecified atom stereocenters. The first-order valence-electron chi connectivity index (χ1n) is 9.72. The van der Waals surface area contributed by atoms with Gasteiger partial charge in [-0.1, -0.05) is 28.1 Å². The Balaban J connectivity index is 1.76. The highest BCUT2D eigenvalue weighted by atomic mass is 79.9. The Hall–Kier alpha value is -2.97. The molecule has 5 rings (SSSR count). The first-order valence-corrected chi connectivity index (χ1v) is 11.4. The molecule has 0 saturated carbocycles. The molecule has 1 aliphatic rings. The number of thiazole rings is 1. The zero-order chi connectivity index (χ0) is 21.7. The SMILES string of the molecule is CCOc1ccc([C@@H]2c3c(oc4ccc(Br)cc4c3=O)C(=O)N2c2nc(C)cs2)cc1. The average Bonchev–Trinajstić information content (AvgIpc) is 3.31. The number of benzene rings is 2. The van der Waals surface area contributed by atoms with Crippen LogP contribution in [0.3, 0.4) is 0 Å². The van der Waals surface area contributed by atoms with Crippen molar-refractivity contribution in [3.63, 3.8) is 0 Å². The Morgan fingerprint density at radius 2 is 1.97 bits per heavy atom. The number of ether oxygens (including phenoxy) is 1. The zero-order valence-corrected chi connectivity index (χ0v) is 19.1. The number of carbonyl (C=O) groups excluding carboxylic acids is 1. The van der Waals surface area contributed by atoms with Crippen molar-refractivity contribution in [1.29, 1.82) is 0 Å². The van der Waals surface area contributed by atoms with E-state index in [2.05, 4.69) is 20.9 Å². The molecule has 0 spiro atoms. The molecule has 0 fully saturated rings. The van der Waals surface area contributed by atoms with Crippen LogP contribution in [0.15, 0.2) is 61.5 Å². The molecule has 0 N–H and O–H groups in total. The van der Waals surface area contributed by atoms with E-state index in [0.717, 1.165) is 21.5 Å². The largest absolute Gasteiger partial charge is 0.494 e. The van der Waals surface area contributed by atoms with Crippen molar-refractivity contribution >= 4 is 49.3 Å². The summed E-state index contributed by atoms with van der Waals surface area (Å²) in [4.78, 5) is 33.1. The molecule has 31 heavy (non-hydrogen) atoms. The van der Waals surface area contributed by atoms with Gasteiger partial charge in [-0.2, -0.15) is 0 Å². The Morgan fingerprint density at radius 1 is 1.19 bits per heavy atom. The van der Waals surface area contributed by atoms with Gasteiger partial charge >= 0.3 is 0 Å². The van der Waals surface area contributed by atoms with Gasteiger partial charge in [0.1, 0.15) is 11.3 Å². The van der Waals surface area contributed by atoms with E-state index < -0.39 is 6.04 Å². The minimum Gasteiger partial charge on any atom is -0.494 e. The summed E-state index contributed by atoms with van der Waals surface area (Å²) in [7, 11) is 0. The van der Waals surface area contributed by atoms with Crippen molar-refractivity contribution in [2.75, 3.05) is 11.5 Å². The smallest absolute Gasteiger partial charge is 0.297 e. The van der Waals surface area contributed by atoms with Gasteiger partial charge in [-0.25, -0.2) is 4.98 Å². The molecule has 0 saturated heterocycles. The minimum absolute atomic E-state index is 0.0616. The van der Waals surface area contributed by atoms with E-state index in [1.54, 1.807) is 23.1 Å². The lowest BCUT2D eigenvalue weighted by molar-refractivity contribution is 0.0971. The summed E-state index contributed by atoms with van der Waals surface area (Å²) >= 11 is 4.77. The molecular weight excluding hydrogens is 480 g/mol. The topological polar surface area (TPSA) is 72.6 Å². The Morgan fingerprint density at radius 3 is 2.65 bits per heavy atom. The van der Waals surface area contributed by atoms with Crippen molar-refractivity contribution in [2.24, 2.45) is 0 Å². The van der Waals surface area contributed by atoms with Crippen LogP contribution in [0.25, 0.3) is 11.0 Å². The number of rotatable bonds is 4. The Bertz CT molecular complexity index is 1380. The lowest BCUT2D eigenvalue weighted by Crippen LogP contribution is -2.29. The molecule has 3 heterocycles. The van der Waals surface area contributed by atoms with E-state index in [1.165, 1.54) is 11.3 Å². The van der Waals surface area contributed by atoms with Crippen LogP contribution >= 0.6 is 27.3 Å². The van der Waals surface area contributed by atoms with Gasteiger partial charge < -0.3 is 9.15 Å². The molecule has 2 aromatic carbocycles. The number of anilines is 1. The standard InChI is InChI=1S/C23H17BrN2O4S/c1-3-29-15-7-4-13(5-8-15)19-18-20(27)16-10-14(24)6-9-17(16)30-21(18)22(28)26(19)23-25-12(2)11-31-23/h4-11,19H,3H2,1-2H3/t19-/m1/s1. The molecule has 8 heteroatoms. The van der Waals surface area contributed by atoms with Gasteiger partial charge in [-0.05, 0) is 49.7 Å². The molecule has 1 amide bonds. The highest BCUT2D eigenvalue weighted by Gasteiger charge is 2.44. The molecule has 1 aliphatic heterocycles. The maximum atomic E-state index is 13.6. The highest BCUT2D eigenvalue weighted by Crippen LogP contribution is 2.42. The fourth-order valence-corrected chi connectivity index (χ4v) is 5.01. The van der Waals surface area contributed by atoms with Crippen LogP contribution in [0.1, 0.15) is 40.3 Å². The second-order valence-corrected chi connectivity index (χ2v) is 8.92. The van der Waals surface area contributed by atoms with Crippen LogP contribution in [0.5, 0.6) is 5.75 Å². The van der Waals surface area contributed by atoms with Crippen LogP contribution in [0, 0.1) is 6.92 Å². The first-order chi connectivity index (χ1) is 15.0. The molecular formula is C23H17BrN2O4S. The third-order valence-corrected chi connectivity index (χ3v) is 6.60. The van der Waals surface area contributed by atoms with E-state index in [1.807, 2.05) is 43.5 Å². The summed E-state index contributed by atoms with van der Waals surface area (Å²) in [6.07, 6.45) is 0. The van der Waals surface area contributed by atoms with Gasteiger partial charge in [0.25, 0.3) is 5.91 Å². The van der Waals surface area contributed by atoms with Crippen LogP contribution in [-0.2, 0) is 0 Å². The van der Waals surface area contributed by atoms with Crippen LogP contribution < -0.4 is 15.1 Å². The maximum absolute atomic E-state index is 13.6. The summed E-state index contributed by atoms with van der Waals surface area (Å²) in [6.45, 7) is 4.34. The lowest BCUT2D eigenvalue weighted by Gasteiger charge is -2.22. The fraction of sp³-hybridized carbons (Fsp3) is 0.174. The normalized spacial score (nSPS) is 15.5. The highest BCUT2D eigenvalue weighted by molar-refractivity contribution is 9.10. The number of amides is 1. The van der Waals surface area contributed by atoms with Gasteiger partial charge in [0.2, 0.25) is 5.76 Å². The lowest BCUT2D eigenvalue weighted by atomic mass is 9.98. The number of carbonyl (C=O) groups is 1. The van der Waals surface area contributed by atoms with Gasteiger partial charge in [-0.3, -0.25) is 14.5 Å². The third-order valence-electron chi connectivity index (χ3n) is 5.15.